The minimum Gasteiger partial charge on any atom is -0.370 e. The van der Waals surface area contributed by atoms with E-state index in [0.29, 0.717) is 11.3 Å². The highest BCUT2D eigenvalue weighted by Crippen LogP contribution is 2.76. The van der Waals surface area contributed by atoms with Crippen LogP contribution in [0.4, 0.5) is 0 Å². The van der Waals surface area contributed by atoms with Gasteiger partial charge in [0.05, 0.1) is 17.8 Å². The third kappa shape index (κ3) is 1.72. The van der Waals surface area contributed by atoms with Crippen LogP contribution in [0.3, 0.4) is 0 Å². The van der Waals surface area contributed by atoms with Crippen molar-refractivity contribution >= 4 is 8.07 Å². The zero-order chi connectivity index (χ0) is 15.3. The first-order valence-corrected chi connectivity index (χ1v) is 12.5. The van der Waals surface area contributed by atoms with Gasteiger partial charge in [-0.2, -0.15) is 0 Å². The zero-order valence-corrected chi connectivity index (χ0v) is 15.7. The molecule has 4 aliphatic rings. The Labute approximate surface area is 131 Å². The lowest BCUT2D eigenvalue weighted by Crippen LogP contribution is -2.58. The van der Waals surface area contributed by atoms with E-state index in [9.17, 15) is 0 Å². The van der Waals surface area contributed by atoms with E-state index in [1.165, 1.54) is 32.1 Å². The maximum atomic E-state index is 6.61. The van der Waals surface area contributed by atoms with Crippen molar-refractivity contribution in [3.63, 3.8) is 0 Å². The number of hydrogen-bond donors (Lipinski definition) is 0. The lowest BCUT2D eigenvalue weighted by Gasteiger charge is -2.56. The van der Waals surface area contributed by atoms with Crippen LogP contribution in [-0.2, 0) is 9.47 Å². The van der Waals surface area contributed by atoms with Gasteiger partial charge in [0.1, 0.15) is 5.60 Å². The largest absolute Gasteiger partial charge is 0.370 e. The van der Waals surface area contributed by atoms with Crippen molar-refractivity contribution in [2.75, 3.05) is 6.61 Å². The lowest BCUT2D eigenvalue weighted by molar-refractivity contribution is 0.00384. The first-order valence-electron chi connectivity index (χ1n) is 8.91. The van der Waals surface area contributed by atoms with E-state index >= 15 is 0 Å². The molecule has 4 fully saturated rings. The topological polar surface area (TPSA) is 25.1 Å². The van der Waals surface area contributed by atoms with Gasteiger partial charge in [0.15, 0.2) is 0 Å². The summed E-state index contributed by atoms with van der Waals surface area (Å²) in [7, 11) is -1.22. The van der Waals surface area contributed by atoms with Crippen LogP contribution in [0, 0.1) is 11.3 Å². The fourth-order valence-electron chi connectivity index (χ4n) is 6.37. The SMILES string of the molecule is C[C@]1([C@@H]2C[C@@H]([Si](C)(C)C)[C@]3(C)CCC[C@@]4(C)O[C@]43C2)CO1. The highest BCUT2D eigenvalue weighted by Gasteiger charge is 2.80. The maximum Gasteiger partial charge on any atom is 0.103 e. The molecular weight excluding hydrogens is 276 g/mol. The van der Waals surface area contributed by atoms with Crippen LogP contribution in [-0.4, -0.2) is 31.5 Å². The van der Waals surface area contributed by atoms with E-state index < -0.39 is 8.07 Å². The first-order chi connectivity index (χ1) is 9.57. The molecule has 0 aromatic rings. The third-order valence-corrected chi connectivity index (χ3v) is 10.8. The summed E-state index contributed by atoms with van der Waals surface area (Å²) < 4.78 is 12.5. The van der Waals surface area contributed by atoms with Crippen molar-refractivity contribution in [1.82, 2.24) is 0 Å². The van der Waals surface area contributed by atoms with Gasteiger partial charge in [-0.15, -0.1) is 0 Å². The Balaban J connectivity index is 1.76. The second kappa shape index (κ2) is 3.79. The Morgan fingerprint density at radius 1 is 1.05 bits per heavy atom. The molecule has 0 bridgehead atoms. The summed E-state index contributed by atoms with van der Waals surface area (Å²) in [6.45, 7) is 16.0. The standard InChI is InChI=1S/C18H32O2Si/c1-15-8-7-9-17(3)18(15,20-17)11-13(16(2)12-19-16)10-14(15)21(4,5)6/h13-14H,7-12H2,1-6H3/t13-,14-,15+,16-,17-,18+/m1/s1. The van der Waals surface area contributed by atoms with E-state index in [4.69, 9.17) is 9.47 Å². The molecule has 4 rings (SSSR count). The van der Waals surface area contributed by atoms with Crippen LogP contribution < -0.4 is 0 Å². The Morgan fingerprint density at radius 2 is 1.71 bits per heavy atom. The number of ether oxygens (including phenoxy) is 2. The first kappa shape index (κ1) is 14.7. The monoisotopic (exact) mass is 308 g/mol. The molecule has 2 saturated carbocycles. The molecule has 2 aliphatic carbocycles. The summed E-state index contributed by atoms with van der Waals surface area (Å²) >= 11 is 0. The summed E-state index contributed by atoms with van der Waals surface area (Å²) in [5, 5.41) is 0. The predicted octanol–water partition coefficient (Wildman–Crippen LogP) is 4.61. The molecule has 6 atom stereocenters. The summed E-state index contributed by atoms with van der Waals surface area (Å²) in [4.78, 5) is 0. The average molecular weight is 309 g/mol. The number of hydrogen-bond acceptors (Lipinski definition) is 2. The fraction of sp³-hybridized carbons (Fsp3) is 1.00. The molecule has 21 heavy (non-hydrogen) atoms. The van der Waals surface area contributed by atoms with Crippen molar-refractivity contribution in [3.8, 4) is 0 Å². The molecule has 120 valence electrons. The predicted molar refractivity (Wildman–Crippen MR) is 88.4 cm³/mol. The Bertz CT molecular complexity index is 480. The summed E-state index contributed by atoms with van der Waals surface area (Å²) in [6.07, 6.45) is 6.63. The fourth-order valence-corrected chi connectivity index (χ4v) is 9.65. The van der Waals surface area contributed by atoms with Crippen molar-refractivity contribution in [2.45, 2.75) is 94.9 Å². The molecule has 0 N–H and O–H groups in total. The second-order valence-electron chi connectivity index (χ2n) is 10.1. The highest BCUT2D eigenvalue weighted by molar-refractivity contribution is 6.77. The quantitative estimate of drug-likeness (QED) is 0.549. The van der Waals surface area contributed by atoms with Gasteiger partial charge in [-0.3, -0.25) is 0 Å². The van der Waals surface area contributed by atoms with Gasteiger partial charge in [-0.25, -0.2) is 0 Å². The Morgan fingerprint density at radius 3 is 2.29 bits per heavy atom. The van der Waals surface area contributed by atoms with Gasteiger partial charge in [-0.05, 0) is 62.8 Å². The molecule has 2 nitrogen and oxygen atoms in total. The van der Waals surface area contributed by atoms with E-state index in [0.717, 1.165) is 12.1 Å². The van der Waals surface area contributed by atoms with Crippen molar-refractivity contribution < 1.29 is 9.47 Å². The highest BCUT2D eigenvalue weighted by atomic mass is 28.3. The molecule has 0 aromatic heterocycles. The molecule has 3 heteroatoms. The Kier molecular flexibility index (Phi) is 2.65. The Hall–Kier alpha value is 0.137. The smallest absolute Gasteiger partial charge is 0.103 e. The molecule has 0 radical (unpaired) electrons. The molecule has 0 aromatic carbocycles. The van der Waals surface area contributed by atoms with Crippen LogP contribution >= 0.6 is 0 Å². The van der Waals surface area contributed by atoms with E-state index in [2.05, 4.69) is 40.4 Å². The van der Waals surface area contributed by atoms with Gasteiger partial charge in [0.25, 0.3) is 0 Å². The van der Waals surface area contributed by atoms with Crippen LogP contribution in [0.15, 0.2) is 0 Å². The average Bonchev–Trinajstić information content (AvgIpc) is 3.21. The molecule has 2 aliphatic heterocycles. The van der Waals surface area contributed by atoms with Crippen molar-refractivity contribution in [1.29, 1.82) is 0 Å². The summed E-state index contributed by atoms with van der Waals surface area (Å²) in [5.74, 6) is 0.710. The van der Waals surface area contributed by atoms with Gasteiger partial charge >= 0.3 is 0 Å². The van der Waals surface area contributed by atoms with E-state index in [1.54, 1.807) is 0 Å². The van der Waals surface area contributed by atoms with Crippen LogP contribution in [0.25, 0.3) is 0 Å². The van der Waals surface area contributed by atoms with Gasteiger partial charge in [0.2, 0.25) is 0 Å². The normalized spacial score (nSPS) is 59.1. The molecular formula is C18H32O2Si. The number of epoxide rings is 2. The minimum absolute atomic E-state index is 0.165. The van der Waals surface area contributed by atoms with Crippen molar-refractivity contribution in [2.24, 2.45) is 11.3 Å². The van der Waals surface area contributed by atoms with Gasteiger partial charge in [0, 0.05) is 8.07 Å². The zero-order valence-electron chi connectivity index (χ0n) is 14.7. The van der Waals surface area contributed by atoms with Crippen molar-refractivity contribution in [3.05, 3.63) is 0 Å². The van der Waals surface area contributed by atoms with Crippen LogP contribution in [0.5, 0.6) is 0 Å². The molecule has 2 saturated heterocycles. The molecule has 0 amide bonds. The second-order valence-corrected chi connectivity index (χ2v) is 15.5. The molecule has 2 heterocycles. The maximum absolute atomic E-state index is 6.61. The summed E-state index contributed by atoms with van der Waals surface area (Å²) in [5.41, 5.74) is 1.78. The van der Waals surface area contributed by atoms with E-state index in [-0.39, 0.29) is 16.8 Å². The third-order valence-electron chi connectivity index (χ3n) is 7.82. The lowest BCUT2D eigenvalue weighted by atomic mass is 9.53. The van der Waals surface area contributed by atoms with Gasteiger partial charge < -0.3 is 9.47 Å². The summed E-state index contributed by atoms with van der Waals surface area (Å²) in [6, 6.07) is 0. The van der Waals surface area contributed by atoms with Crippen LogP contribution in [0.2, 0.25) is 25.2 Å². The van der Waals surface area contributed by atoms with Gasteiger partial charge in [-0.1, -0.05) is 26.6 Å². The minimum atomic E-state index is -1.22. The molecule has 0 unspecified atom stereocenters. The molecule has 1 spiro atoms. The van der Waals surface area contributed by atoms with E-state index in [1.807, 2.05) is 0 Å². The number of rotatable bonds is 2. The van der Waals surface area contributed by atoms with Crippen LogP contribution in [0.1, 0.15) is 52.9 Å².